The Kier molecular flexibility index (Phi) is 4.91. The van der Waals surface area contributed by atoms with E-state index >= 15 is 0 Å². The fourth-order valence-electron chi connectivity index (χ4n) is 3.09. The second-order valence-corrected chi connectivity index (χ2v) is 7.76. The summed E-state index contributed by atoms with van der Waals surface area (Å²) < 4.78 is 5.47. The zero-order chi connectivity index (χ0) is 19.0. The number of fused-ring (bicyclic) bond motifs is 1. The van der Waals surface area contributed by atoms with Gasteiger partial charge in [0.2, 0.25) is 0 Å². The molecular weight excluding hydrogens is 405 g/mol. The van der Waals surface area contributed by atoms with Gasteiger partial charge in [0.15, 0.2) is 5.78 Å². The van der Waals surface area contributed by atoms with Crippen molar-refractivity contribution in [1.82, 2.24) is 0 Å². The fourth-order valence-corrected chi connectivity index (χ4v) is 4.06. The standard InChI is InChI=1S/C20H13Cl2NO3S/c21-14-8-7-12(10-15(14)22)23-16(11-17(24)19-6-3-9-27-19)13-4-1-2-5-18(13)26-20(23)25/h1-10,16H,11H2. The number of thiophene rings is 1. The summed E-state index contributed by atoms with van der Waals surface area (Å²) in [6.45, 7) is 0. The van der Waals surface area contributed by atoms with Crippen LogP contribution in [0.3, 0.4) is 0 Å². The van der Waals surface area contributed by atoms with Crippen molar-refractivity contribution < 1.29 is 14.3 Å². The third-order valence-electron chi connectivity index (χ3n) is 4.34. The molecule has 0 saturated heterocycles. The molecule has 1 aliphatic rings. The fraction of sp³-hybridized carbons (Fsp3) is 0.100. The van der Waals surface area contributed by atoms with Crippen LogP contribution < -0.4 is 9.64 Å². The number of hydrogen-bond acceptors (Lipinski definition) is 4. The largest absolute Gasteiger partial charge is 0.420 e. The van der Waals surface area contributed by atoms with Crippen molar-refractivity contribution in [2.24, 2.45) is 0 Å². The first-order valence-electron chi connectivity index (χ1n) is 8.16. The minimum atomic E-state index is -0.559. The number of rotatable bonds is 4. The smallest absolute Gasteiger partial charge is 0.410 e. The van der Waals surface area contributed by atoms with E-state index in [9.17, 15) is 9.59 Å². The Bertz CT molecular complexity index is 1020. The molecule has 0 fully saturated rings. The molecular formula is C20H13Cl2NO3S. The van der Waals surface area contributed by atoms with Crippen LogP contribution in [0.25, 0.3) is 0 Å². The number of para-hydroxylation sites is 1. The highest BCUT2D eigenvalue weighted by atomic mass is 35.5. The number of carbonyl (C=O) groups excluding carboxylic acids is 2. The molecule has 1 atom stereocenters. The van der Waals surface area contributed by atoms with Crippen LogP contribution in [0.5, 0.6) is 5.75 Å². The topological polar surface area (TPSA) is 46.6 Å². The van der Waals surface area contributed by atoms with Gasteiger partial charge in [-0.05, 0) is 35.7 Å². The van der Waals surface area contributed by atoms with E-state index in [4.69, 9.17) is 27.9 Å². The lowest BCUT2D eigenvalue weighted by Crippen LogP contribution is -2.41. The number of hydrogen-bond donors (Lipinski definition) is 0. The van der Waals surface area contributed by atoms with Gasteiger partial charge in [-0.1, -0.05) is 47.5 Å². The highest BCUT2D eigenvalue weighted by molar-refractivity contribution is 7.12. The molecule has 0 spiro atoms. The summed E-state index contributed by atoms with van der Waals surface area (Å²) in [6.07, 6.45) is -0.427. The highest BCUT2D eigenvalue weighted by Crippen LogP contribution is 2.41. The molecule has 0 bridgehead atoms. The molecule has 4 rings (SSSR count). The van der Waals surface area contributed by atoms with Crippen molar-refractivity contribution in [2.75, 3.05) is 4.90 Å². The van der Waals surface area contributed by atoms with E-state index in [0.29, 0.717) is 26.4 Å². The maximum absolute atomic E-state index is 12.8. The van der Waals surface area contributed by atoms with Crippen LogP contribution in [0.2, 0.25) is 10.0 Å². The Morgan fingerprint density at radius 3 is 2.63 bits per heavy atom. The number of ketones is 1. The number of carbonyl (C=O) groups is 2. The van der Waals surface area contributed by atoms with E-state index in [-0.39, 0.29) is 12.2 Å². The molecule has 2 aromatic carbocycles. The third kappa shape index (κ3) is 3.46. The summed E-state index contributed by atoms with van der Waals surface area (Å²) in [4.78, 5) is 27.6. The molecule has 2 heterocycles. The molecule has 0 aliphatic carbocycles. The van der Waals surface area contributed by atoms with Gasteiger partial charge in [0.1, 0.15) is 5.75 Å². The summed E-state index contributed by atoms with van der Waals surface area (Å²) in [7, 11) is 0. The predicted octanol–water partition coefficient (Wildman–Crippen LogP) is 6.39. The molecule has 1 unspecified atom stereocenters. The first-order chi connectivity index (χ1) is 13.0. The zero-order valence-electron chi connectivity index (χ0n) is 13.9. The van der Waals surface area contributed by atoms with Crippen molar-refractivity contribution in [3.8, 4) is 5.75 Å². The van der Waals surface area contributed by atoms with Gasteiger partial charge in [-0.25, -0.2) is 4.79 Å². The Hall–Kier alpha value is -2.34. The Morgan fingerprint density at radius 1 is 1.07 bits per heavy atom. The van der Waals surface area contributed by atoms with Crippen molar-refractivity contribution in [3.05, 3.63) is 80.5 Å². The van der Waals surface area contributed by atoms with Crippen LogP contribution in [0.15, 0.2) is 60.0 Å². The van der Waals surface area contributed by atoms with Crippen molar-refractivity contribution >= 4 is 52.1 Å². The number of ether oxygens (including phenoxy) is 1. The quantitative estimate of drug-likeness (QED) is 0.462. The van der Waals surface area contributed by atoms with Crippen LogP contribution in [0.1, 0.15) is 27.7 Å². The van der Waals surface area contributed by atoms with Gasteiger partial charge in [-0.15, -0.1) is 11.3 Å². The molecule has 0 radical (unpaired) electrons. The van der Waals surface area contributed by atoms with Crippen LogP contribution in [-0.4, -0.2) is 11.9 Å². The molecule has 136 valence electrons. The first kappa shape index (κ1) is 18.0. The van der Waals surface area contributed by atoms with Gasteiger partial charge in [-0.2, -0.15) is 0 Å². The molecule has 7 heteroatoms. The highest BCUT2D eigenvalue weighted by Gasteiger charge is 2.37. The van der Waals surface area contributed by atoms with Crippen LogP contribution >= 0.6 is 34.5 Å². The lowest BCUT2D eigenvalue weighted by Gasteiger charge is -2.36. The average Bonchev–Trinajstić information content (AvgIpc) is 3.19. The predicted molar refractivity (Wildman–Crippen MR) is 107 cm³/mol. The number of benzene rings is 2. The van der Waals surface area contributed by atoms with Gasteiger partial charge in [0, 0.05) is 17.7 Å². The Labute approximate surface area is 169 Å². The van der Waals surface area contributed by atoms with Crippen molar-refractivity contribution in [3.63, 3.8) is 0 Å². The lowest BCUT2D eigenvalue weighted by molar-refractivity contribution is 0.0975. The molecule has 3 aromatic rings. The maximum Gasteiger partial charge on any atom is 0.420 e. The van der Waals surface area contributed by atoms with Gasteiger partial charge in [-0.3, -0.25) is 9.69 Å². The summed E-state index contributed by atoms with van der Waals surface area (Å²) in [6, 6.07) is 15.2. The molecule has 1 aromatic heterocycles. The second-order valence-electron chi connectivity index (χ2n) is 5.99. The van der Waals surface area contributed by atoms with E-state index in [2.05, 4.69) is 0 Å². The van der Waals surface area contributed by atoms with Crippen LogP contribution in [0.4, 0.5) is 10.5 Å². The van der Waals surface area contributed by atoms with Gasteiger partial charge in [0.05, 0.1) is 21.0 Å². The van der Waals surface area contributed by atoms with E-state index in [1.807, 2.05) is 23.6 Å². The number of Topliss-reactive ketones (excluding diaryl/α,β-unsaturated/α-hetero) is 1. The van der Waals surface area contributed by atoms with E-state index in [1.54, 1.807) is 36.4 Å². The minimum absolute atomic E-state index is 0.0374. The normalized spacial score (nSPS) is 16.0. The van der Waals surface area contributed by atoms with Gasteiger partial charge in [0.25, 0.3) is 0 Å². The number of amides is 1. The van der Waals surface area contributed by atoms with Crippen LogP contribution in [0, 0.1) is 0 Å². The molecule has 1 aliphatic heterocycles. The van der Waals surface area contributed by atoms with Crippen molar-refractivity contribution in [1.29, 1.82) is 0 Å². The van der Waals surface area contributed by atoms with E-state index in [1.165, 1.54) is 16.2 Å². The van der Waals surface area contributed by atoms with Crippen molar-refractivity contribution in [2.45, 2.75) is 12.5 Å². The molecule has 0 N–H and O–H groups in total. The monoisotopic (exact) mass is 417 g/mol. The van der Waals surface area contributed by atoms with Gasteiger partial charge < -0.3 is 4.74 Å². The summed E-state index contributed by atoms with van der Waals surface area (Å²) >= 11 is 13.5. The maximum atomic E-state index is 12.8. The van der Waals surface area contributed by atoms with E-state index < -0.39 is 12.1 Å². The third-order valence-corrected chi connectivity index (χ3v) is 5.99. The number of anilines is 1. The molecule has 1 amide bonds. The average molecular weight is 418 g/mol. The molecule has 4 nitrogen and oxygen atoms in total. The van der Waals surface area contributed by atoms with Gasteiger partial charge >= 0.3 is 6.09 Å². The number of nitrogens with zero attached hydrogens (tertiary/aromatic N) is 1. The summed E-state index contributed by atoms with van der Waals surface area (Å²) in [5.41, 5.74) is 1.29. The second kappa shape index (κ2) is 7.35. The lowest BCUT2D eigenvalue weighted by atomic mass is 9.96. The Balaban J connectivity index is 1.78. The number of halogens is 2. The minimum Gasteiger partial charge on any atom is -0.410 e. The SMILES string of the molecule is O=C(CC1c2ccccc2OC(=O)N1c1ccc(Cl)c(Cl)c1)c1cccs1. The van der Waals surface area contributed by atoms with E-state index in [0.717, 1.165) is 5.56 Å². The zero-order valence-corrected chi connectivity index (χ0v) is 16.2. The van der Waals surface area contributed by atoms with Crippen LogP contribution in [-0.2, 0) is 0 Å². The summed E-state index contributed by atoms with van der Waals surface area (Å²) in [5, 5.41) is 2.56. The Morgan fingerprint density at radius 2 is 1.89 bits per heavy atom. The molecule has 0 saturated carbocycles. The first-order valence-corrected chi connectivity index (χ1v) is 9.80. The summed E-state index contributed by atoms with van der Waals surface area (Å²) in [5.74, 6) is 0.423. The molecule has 27 heavy (non-hydrogen) atoms.